The van der Waals surface area contributed by atoms with E-state index in [1.54, 1.807) is 6.07 Å². The van der Waals surface area contributed by atoms with Crippen LogP contribution in [0.2, 0.25) is 0 Å². The summed E-state index contributed by atoms with van der Waals surface area (Å²) in [6.07, 6.45) is 0. The predicted octanol–water partition coefficient (Wildman–Crippen LogP) is 4.41. The Morgan fingerprint density at radius 3 is 1.86 bits per heavy atom. The Bertz CT molecular complexity index is 1380. The van der Waals surface area contributed by atoms with Crippen LogP contribution in [0.15, 0.2) is 109 Å². The van der Waals surface area contributed by atoms with E-state index in [9.17, 15) is 15.2 Å². The Balaban J connectivity index is 1.66. The van der Waals surface area contributed by atoms with Gasteiger partial charge >= 0.3 is 7.12 Å². The van der Waals surface area contributed by atoms with Gasteiger partial charge in [0.25, 0.3) is 0 Å². The van der Waals surface area contributed by atoms with Crippen molar-refractivity contribution < 1.29 is 15.2 Å². The van der Waals surface area contributed by atoms with Gasteiger partial charge < -0.3 is 15.2 Å². The van der Waals surface area contributed by atoms with Crippen LogP contribution in [-0.2, 0) is 13.1 Å². The lowest BCUT2D eigenvalue weighted by Gasteiger charge is -2.32. The van der Waals surface area contributed by atoms with Crippen LogP contribution in [0.1, 0.15) is 22.7 Å². The number of nitrogens with zero attached hydrogens (tertiary/aromatic N) is 1. The highest BCUT2D eigenvalue weighted by atomic mass is 16.4. The second kappa shape index (κ2) is 10.4. The molecule has 5 aromatic rings. The van der Waals surface area contributed by atoms with Crippen LogP contribution in [0.25, 0.3) is 21.5 Å². The smallest absolute Gasteiger partial charge is 0.423 e. The summed E-state index contributed by atoms with van der Waals surface area (Å²) in [7, 11) is -1.56. The van der Waals surface area contributed by atoms with Gasteiger partial charge in [-0.15, -0.1) is 0 Å². The molecule has 1 atom stereocenters. The number of aliphatic hydroxyl groups is 1. The zero-order valence-corrected chi connectivity index (χ0v) is 19.5. The van der Waals surface area contributed by atoms with E-state index < -0.39 is 7.12 Å². The van der Waals surface area contributed by atoms with Gasteiger partial charge in [-0.05, 0) is 49.8 Å². The van der Waals surface area contributed by atoms with E-state index in [0.717, 1.165) is 11.1 Å². The Kier molecular flexibility index (Phi) is 6.93. The third-order valence-electron chi connectivity index (χ3n) is 6.75. The number of rotatable bonds is 8. The molecule has 0 aliphatic carbocycles. The van der Waals surface area contributed by atoms with Crippen LogP contribution in [0.3, 0.4) is 0 Å². The summed E-state index contributed by atoms with van der Waals surface area (Å²) in [4.78, 5) is 2.23. The van der Waals surface area contributed by atoms with Crippen LogP contribution in [0.5, 0.6) is 0 Å². The molecule has 0 unspecified atom stereocenters. The molecular weight excluding hydrogens is 433 g/mol. The largest absolute Gasteiger partial charge is 0.488 e. The topological polar surface area (TPSA) is 63.9 Å². The number of benzene rings is 5. The van der Waals surface area contributed by atoms with Crippen LogP contribution in [0, 0.1) is 0 Å². The maximum atomic E-state index is 10.6. The van der Waals surface area contributed by atoms with E-state index in [0.29, 0.717) is 18.6 Å². The monoisotopic (exact) mass is 461 g/mol. The van der Waals surface area contributed by atoms with Gasteiger partial charge in [0.05, 0.1) is 12.6 Å². The average Bonchev–Trinajstić information content (AvgIpc) is 2.89. The summed E-state index contributed by atoms with van der Waals surface area (Å²) in [5.41, 5.74) is 3.50. The number of fused-ring (bicyclic) bond motifs is 2. The Hall–Kier alpha value is -3.48. The maximum absolute atomic E-state index is 10.6. The van der Waals surface area contributed by atoms with E-state index in [-0.39, 0.29) is 12.6 Å². The molecule has 35 heavy (non-hydrogen) atoms. The SMILES string of the molecule is OC[C@H](c1ccccc1)N(Cc1ccccc1B(O)O)Cc1c2ccccc2cc2ccccc12. The highest BCUT2D eigenvalue weighted by Gasteiger charge is 2.25. The standard InChI is InChI=1S/C30H28BNO3/c33-21-30(22-10-2-1-3-11-22)32(19-25-14-6-9-17-29(25)31(34)35)20-28-26-15-7-4-12-23(26)18-24-13-5-8-16-27(24)28/h1-18,30,33-35H,19-21H2/t30-/m1/s1. The third kappa shape index (κ3) is 4.85. The first-order chi connectivity index (χ1) is 17.2. The van der Waals surface area contributed by atoms with Gasteiger partial charge in [-0.2, -0.15) is 0 Å². The normalized spacial score (nSPS) is 12.3. The van der Waals surface area contributed by atoms with Crippen molar-refractivity contribution in [2.24, 2.45) is 0 Å². The number of hydrogen-bond donors (Lipinski definition) is 3. The molecule has 0 fully saturated rings. The molecule has 0 aromatic heterocycles. The maximum Gasteiger partial charge on any atom is 0.488 e. The summed E-state index contributed by atoms with van der Waals surface area (Å²) in [5.74, 6) is 0. The van der Waals surface area contributed by atoms with Crippen molar-refractivity contribution in [3.8, 4) is 0 Å². The lowest BCUT2D eigenvalue weighted by molar-refractivity contribution is 0.111. The number of hydrogen-bond acceptors (Lipinski definition) is 4. The fraction of sp³-hybridized carbons (Fsp3) is 0.133. The highest BCUT2D eigenvalue weighted by molar-refractivity contribution is 6.59. The summed E-state index contributed by atoms with van der Waals surface area (Å²) in [6, 6.07) is 36.1. The fourth-order valence-electron chi connectivity index (χ4n) is 5.01. The molecular formula is C30H28BNO3. The molecule has 0 amide bonds. The van der Waals surface area contributed by atoms with Gasteiger partial charge in [0.2, 0.25) is 0 Å². The number of aliphatic hydroxyl groups excluding tert-OH is 1. The Labute approximate surface area is 205 Å². The molecule has 5 aromatic carbocycles. The zero-order valence-electron chi connectivity index (χ0n) is 19.5. The molecule has 0 radical (unpaired) electrons. The van der Waals surface area contributed by atoms with Crippen LogP contribution >= 0.6 is 0 Å². The van der Waals surface area contributed by atoms with Gasteiger partial charge in [0.1, 0.15) is 0 Å². The molecule has 0 saturated heterocycles. The average molecular weight is 461 g/mol. The minimum atomic E-state index is -1.56. The quantitative estimate of drug-likeness (QED) is 0.237. The van der Waals surface area contributed by atoms with Crippen LogP contribution in [-0.4, -0.2) is 33.8 Å². The van der Waals surface area contributed by atoms with Crippen molar-refractivity contribution >= 4 is 34.1 Å². The van der Waals surface area contributed by atoms with Gasteiger partial charge in [-0.1, -0.05) is 103 Å². The van der Waals surface area contributed by atoms with Crippen LogP contribution in [0.4, 0.5) is 0 Å². The van der Waals surface area contributed by atoms with Gasteiger partial charge in [0.15, 0.2) is 0 Å². The van der Waals surface area contributed by atoms with E-state index in [2.05, 4.69) is 59.5 Å². The van der Waals surface area contributed by atoms with Crippen molar-refractivity contribution in [3.63, 3.8) is 0 Å². The highest BCUT2D eigenvalue weighted by Crippen LogP contribution is 2.32. The van der Waals surface area contributed by atoms with Crippen molar-refractivity contribution in [2.75, 3.05) is 6.61 Å². The first kappa shape index (κ1) is 23.3. The van der Waals surface area contributed by atoms with Crippen LogP contribution < -0.4 is 5.46 Å². The van der Waals surface area contributed by atoms with Crippen molar-refractivity contribution in [2.45, 2.75) is 19.1 Å². The summed E-state index contributed by atoms with van der Waals surface area (Å²) in [6.45, 7) is 0.972. The lowest BCUT2D eigenvalue weighted by atomic mass is 9.77. The Morgan fingerprint density at radius 2 is 1.23 bits per heavy atom. The lowest BCUT2D eigenvalue weighted by Crippen LogP contribution is -2.37. The van der Waals surface area contributed by atoms with E-state index in [4.69, 9.17) is 0 Å². The summed E-state index contributed by atoms with van der Waals surface area (Å²) in [5, 5.41) is 35.3. The third-order valence-corrected chi connectivity index (χ3v) is 6.75. The first-order valence-corrected chi connectivity index (χ1v) is 11.9. The molecule has 4 nitrogen and oxygen atoms in total. The van der Waals surface area contributed by atoms with Gasteiger partial charge in [-0.3, -0.25) is 4.90 Å². The molecule has 5 rings (SSSR count). The molecule has 3 N–H and O–H groups in total. The molecule has 5 heteroatoms. The summed E-state index contributed by atoms with van der Waals surface area (Å²) >= 11 is 0. The van der Waals surface area contributed by atoms with Gasteiger partial charge in [0, 0.05) is 13.1 Å². The molecule has 0 bridgehead atoms. The summed E-state index contributed by atoms with van der Waals surface area (Å²) < 4.78 is 0. The Morgan fingerprint density at radius 1 is 0.657 bits per heavy atom. The van der Waals surface area contributed by atoms with Crippen molar-refractivity contribution in [3.05, 3.63) is 126 Å². The molecule has 0 saturated carbocycles. The molecule has 0 spiro atoms. The molecule has 0 heterocycles. The van der Waals surface area contributed by atoms with E-state index in [1.807, 2.05) is 48.5 Å². The van der Waals surface area contributed by atoms with E-state index >= 15 is 0 Å². The molecule has 174 valence electrons. The second-order valence-corrected chi connectivity index (χ2v) is 8.88. The predicted molar refractivity (Wildman–Crippen MR) is 143 cm³/mol. The second-order valence-electron chi connectivity index (χ2n) is 8.88. The molecule has 0 aliphatic rings. The van der Waals surface area contributed by atoms with Crippen molar-refractivity contribution in [1.29, 1.82) is 0 Å². The fourth-order valence-corrected chi connectivity index (χ4v) is 5.01. The zero-order chi connectivity index (χ0) is 24.2. The molecule has 0 aliphatic heterocycles. The van der Waals surface area contributed by atoms with Gasteiger partial charge in [-0.25, -0.2) is 0 Å². The first-order valence-electron chi connectivity index (χ1n) is 11.9. The minimum Gasteiger partial charge on any atom is -0.423 e. The van der Waals surface area contributed by atoms with E-state index in [1.165, 1.54) is 27.1 Å². The van der Waals surface area contributed by atoms with Crippen molar-refractivity contribution in [1.82, 2.24) is 4.90 Å². The minimum absolute atomic E-state index is 0.0590.